The van der Waals surface area contributed by atoms with Crippen LogP contribution < -0.4 is 0 Å². The molecule has 13 rings (SSSR count). The highest BCUT2D eigenvalue weighted by molar-refractivity contribution is 6.13. The summed E-state index contributed by atoms with van der Waals surface area (Å²) >= 11 is 0. The van der Waals surface area contributed by atoms with Crippen LogP contribution >= 0.6 is 0 Å². The van der Waals surface area contributed by atoms with E-state index in [9.17, 15) is 0 Å². The van der Waals surface area contributed by atoms with Crippen LogP contribution in [0.1, 0.15) is 0 Å². The van der Waals surface area contributed by atoms with Gasteiger partial charge in [-0.1, -0.05) is 188 Å². The quantitative estimate of drug-likeness (QED) is 0.151. The van der Waals surface area contributed by atoms with Crippen molar-refractivity contribution in [3.63, 3.8) is 0 Å². The van der Waals surface area contributed by atoms with Crippen molar-refractivity contribution in [1.29, 1.82) is 0 Å². The molecule has 0 fully saturated rings. The van der Waals surface area contributed by atoms with Crippen molar-refractivity contribution in [3.8, 4) is 67.0 Å². The SMILES string of the molecule is c1ccc(-c2cccc(-c3cccc(-c4ccc(-c5ccc(-n6c7ccccc7c7cc(-c8ccc9c(c8)c8ccccc8n9-c8cccc9ccccc89)ccc76)cc5)cc4)c3)c2)cc1. The maximum absolute atomic E-state index is 2.43. The molecule has 0 saturated heterocycles. The Kier molecular flexibility index (Phi) is 8.89. The van der Waals surface area contributed by atoms with Crippen LogP contribution in [0.15, 0.2) is 255 Å². The largest absolute Gasteiger partial charge is 0.309 e. The number of rotatable bonds is 7. The number of aromatic nitrogens is 2. The van der Waals surface area contributed by atoms with Crippen molar-refractivity contribution >= 4 is 54.4 Å². The Bertz CT molecular complexity index is 3960. The van der Waals surface area contributed by atoms with E-state index in [0.717, 1.165) is 5.69 Å². The smallest absolute Gasteiger partial charge is 0.0541 e. The number of nitrogens with zero attached hydrogens (tertiary/aromatic N) is 2. The third kappa shape index (κ3) is 6.34. The van der Waals surface area contributed by atoms with Crippen LogP contribution in [0.2, 0.25) is 0 Å². The second kappa shape index (κ2) is 15.5. The van der Waals surface area contributed by atoms with E-state index in [0.29, 0.717) is 0 Å². The van der Waals surface area contributed by atoms with Gasteiger partial charge in [0, 0.05) is 32.6 Å². The van der Waals surface area contributed by atoms with Crippen LogP contribution in [0, 0.1) is 0 Å². The van der Waals surface area contributed by atoms with Gasteiger partial charge in [0.25, 0.3) is 0 Å². The van der Waals surface area contributed by atoms with Gasteiger partial charge in [-0.15, -0.1) is 0 Å². The van der Waals surface area contributed by atoms with Crippen LogP contribution in [0.3, 0.4) is 0 Å². The van der Waals surface area contributed by atoms with E-state index >= 15 is 0 Å². The molecule has 2 aromatic heterocycles. The highest BCUT2D eigenvalue weighted by atomic mass is 15.0. The molecule has 2 nitrogen and oxygen atoms in total. The number of hydrogen-bond donors (Lipinski definition) is 0. The molecule has 0 N–H and O–H groups in total. The van der Waals surface area contributed by atoms with Gasteiger partial charge in [-0.3, -0.25) is 0 Å². The molecule has 0 amide bonds. The van der Waals surface area contributed by atoms with Gasteiger partial charge in [0.1, 0.15) is 0 Å². The van der Waals surface area contributed by atoms with Gasteiger partial charge in [0.05, 0.1) is 27.8 Å². The van der Waals surface area contributed by atoms with Crippen LogP contribution in [-0.4, -0.2) is 9.13 Å². The molecule has 0 aliphatic rings. The van der Waals surface area contributed by atoms with Gasteiger partial charge in [0.15, 0.2) is 0 Å². The van der Waals surface area contributed by atoms with Crippen molar-refractivity contribution in [2.45, 2.75) is 0 Å². The highest BCUT2D eigenvalue weighted by Crippen LogP contribution is 2.40. The summed E-state index contributed by atoms with van der Waals surface area (Å²) < 4.78 is 4.84. The maximum atomic E-state index is 2.43. The number of fused-ring (bicyclic) bond motifs is 7. The summed E-state index contributed by atoms with van der Waals surface area (Å²) in [6.07, 6.45) is 0. The first-order chi connectivity index (χ1) is 32.7. The average molecular weight is 839 g/mol. The minimum absolute atomic E-state index is 1.14. The van der Waals surface area contributed by atoms with Crippen LogP contribution in [0.5, 0.6) is 0 Å². The summed E-state index contributed by atoms with van der Waals surface area (Å²) in [6.45, 7) is 0. The summed E-state index contributed by atoms with van der Waals surface area (Å²) in [4.78, 5) is 0. The van der Waals surface area contributed by atoms with Gasteiger partial charge >= 0.3 is 0 Å². The molecular weight excluding hydrogens is 797 g/mol. The molecule has 308 valence electrons. The predicted octanol–water partition coefficient (Wildman–Crippen LogP) is 17.4. The van der Waals surface area contributed by atoms with E-state index in [1.165, 1.54) is 116 Å². The second-order valence-corrected chi connectivity index (χ2v) is 17.3. The molecule has 0 aliphatic heterocycles. The lowest BCUT2D eigenvalue weighted by atomic mass is 9.95. The van der Waals surface area contributed by atoms with Gasteiger partial charge in [-0.2, -0.15) is 0 Å². The third-order valence-corrected chi connectivity index (χ3v) is 13.5. The van der Waals surface area contributed by atoms with Gasteiger partial charge in [0.2, 0.25) is 0 Å². The first-order valence-electron chi connectivity index (χ1n) is 22.7. The van der Waals surface area contributed by atoms with E-state index in [2.05, 4.69) is 264 Å². The lowest BCUT2D eigenvalue weighted by molar-refractivity contribution is 1.18. The number of para-hydroxylation sites is 2. The first kappa shape index (κ1) is 37.8. The Morgan fingerprint density at radius 3 is 1.17 bits per heavy atom. The minimum atomic E-state index is 1.14. The van der Waals surface area contributed by atoms with Crippen LogP contribution in [-0.2, 0) is 0 Å². The zero-order valence-corrected chi connectivity index (χ0v) is 36.1. The normalized spacial score (nSPS) is 11.6. The van der Waals surface area contributed by atoms with Crippen molar-refractivity contribution in [2.75, 3.05) is 0 Å². The van der Waals surface area contributed by atoms with Crippen molar-refractivity contribution < 1.29 is 0 Å². The lowest BCUT2D eigenvalue weighted by Crippen LogP contribution is -1.95. The maximum Gasteiger partial charge on any atom is 0.0541 e. The molecule has 66 heavy (non-hydrogen) atoms. The van der Waals surface area contributed by atoms with E-state index < -0.39 is 0 Å². The number of benzene rings is 11. The summed E-state index contributed by atoms with van der Waals surface area (Å²) in [5.41, 5.74) is 19.3. The van der Waals surface area contributed by atoms with Gasteiger partial charge < -0.3 is 9.13 Å². The molecule has 0 aliphatic carbocycles. The third-order valence-electron chi connectivity index (χ3n) is 13.5. The summed E-state index contributed by atoms with van der Waals surface area (Å²) in [6, 6.07) is 93.1. The molecular formula is C64H42N2. The topological polar surface area (TPSA) is 9.86 Å². The standard InChI is InChI=1S/C64H42N2/c1-2-13-43(14-3-1)48-17-10-19-50(39-48)51-20-11-18-49(40-51)46-29-27-44(28-30-46)45-31-35-54(36-32-45)65-61-24-8-6-22-56(61)58-41-52(33-37-63(58)65)53-34-38-64-59(42-53)57-23-7-9-25-62(57)66(64)60-26-12-16-47-15-4-5-21-55(47)60/h1-42H. The van der Waals surface area contributed by atoms with E-state index in [1.54, 1.807) is 0 Å². The highest BCUT2D eigenvalue weighted by Gasteiger charge is 2.17. The lowest BCUT2D eigenvalue weighted by Gasteiger charge is -2.12. The first-order valence-corrected chi connectivity index (χ1v) is 22.7. The van der Waals surface area contributed by atoms with Gasteiger partial charge in [-0.25, -0.2) is 0 Å². The Balaban J connectivity index is 0.816. The zero-order valence-electron chi connectivity index (χ0n) is 36.1. The second-order valence-electron chi connectivity index (χ2n) is 17.3. The Morgan fingerprint density at radius 2 is 0.561 bits per heavy atom. The fraction of sp³-hybridized carbons (Fsp3) is 0. The fourth-order valence-corrected chi connectivity index (χ4v) is 10.3. The Labute approximate surface area is 383 Å². The molecule has 0 unspecified atom stereocenters. The summed E-state index contributed by atoms with van der Waals surface area (Å²) in [7, 11) is 0. The fourth-order valence-electron chi connectivity index (χ4n) is 10.3. The Morgan fingerprint density at radius 1 is 0.197 bits per heavy atom. The van der Waals surface area contributed by atoms with E-state index in [1.807, 2.05) is 0 Å². The van der Waals surface area contributed by atoms with E-state index in [-0.39, 0.29) is 0 Å². The van der Waals surface area contributed by atoms with E-state index in [4.69, 9.17) is 0 Å². The molecule has 13 aromatic rings. The number of hydrogen-bond acceptors (Lipinski definition) is 0. The minimum Gasteiger partial charge on any atom is -0.309 e. The monoisotopic (exact) mass is 838 g/mol. The summed E-state index contributed by atoms with van der Waals surface area (Å²) in [5.74, 6) is 0. The molecule has 0 bridgehead atoms. The summed E-state index contributed by atoms with van der Waals surface area (Å²) in [5, 5.41) is 7.49. The predicted molar refractivity (Wildman–Crippen MR) is 280 cm³/mol. The molecule has 0 atom stereocenters. The molecule has 2 heteroatoms. The molecule has 0 radical (unpaired) electrons. The van der Waals surface area contributed by atoms with Crippen LogP contribution in [0.25, 0.3) is 121 Å². The van der Waals surface area contributed by atoms with Crippen molar-refractivity contribution in [1.82, 2.24) is 9.13 Å². The molecule has 0 spiro atoms. The van der Waals surface area contributed by atoms with Crippen LogP contribution in [0.4, 0.5) is 0 Å². The van der Waals surface area contributed by atoms with Crippen molar-refractivity contribution in [2.24, 2.45) is 0 Å². The zero-order chi connectivity index (χ0) is 43.6. The molecule has 2 heterocycles. The van der Waals surface area contributed by atoms with Gasteiger partial charge in [-0.05, 0) is 128 Å². The molecule has 0 saturated carbocycles. The average Bonchev–Trinajstić information content (AvgIpc) is 3.91. The Hall–Kier alpha value is -8.72. The van der Waals surface area contributed by atoms with Crippen molar-refractivity contribution in [3.05, 3.63) is 255 Å². The molecule has 11 aromatic carbocycles.